The van der Waals surface area contributed by atoms with Crippen molar-refractivity contribution in [3.63, 3.8) is 0 Å². The summed E-state index contributed by atoms with van der Waals surface area (Å²) in [7, 11) is 0. The number of benzene rings is 1. The van der Waals surface area contributed by atoms with Gasteiger partial charge in [0, 0.05) is 5.56 Å². The lowest BCUT2D eigenvalue weighted by Crippen LogP contribution is -2.38. The largest absolute Gasteiger partial charge is 0.444 e. The molecule has 2 unspecified atom stereocenters. The van der Waals surface area contributed by atoms with Gasteiger partial charge >= 0.3 is 6.09 Å². The summed E-state index contributed by atoms with van der Waals surface area (Å²) in [5.74, 6) is -0.291. The van der Waals surface area contributed by atoms with Crippen LogP contribution < -0.4 is 0 Å². The van der Waals surface area contributed by atoms with Crippen molar-refractivity contribution in [2.75, 3.05) is 13.1 Å². The molecule has 2 aliphatic heterocycles. The number of hydrogen-bond donors (Lipinski definition) is 0. The van der Waals surface area contributed by atoms with Crippen molar-refractivity contribution in [3.05, 3.63) is 35.6 Å². The summed E-state index contributed by atoms with van der Waals surface area (Å²) in [4.78, 5) is 13.6. The predicted molar refractivity (Wildman–Crippen MR) is 70.8 cm³/mol. The fourth-order valence-electron chi connectivity index (χ4n) is 2.68. The van der Waals surface area contributed by atoms with Gasteiger partial charge in [-0.3, -0.25) is 0 Å². The van der Waals surface area contributed by atoms with Gasteiger partial charge in [-0.05, 0) is 26.8 Å². The van der Waals surface area contributed by atoms with Crippen molar-refractivity contribution < 1.29 is 18.7 Å². The molecule has 0 N–H and O–H groups in total. The van der Waals surface area contributed by atoms with Gasteiger partial charge in [-0.2, -0.15) is 0 Å². The van der Waals surface area contributed by atoms with E-state index in [4.69, 9.17) is 9.47 Å². The molecule has 2 saturated heterocycles. The van der Waals surface area contributed by atoms with Crippen LogP contribution in [0.2, 0.25) is 0 Å². The van der Waals surface area contributed by atoms with Crippen LogP contribution in [0.25, 0.3) is 0 Å². The lowest BCUT2D eigenvalue weighted by atomic mass is 9.97. The summed E-state index contributed by atoms with van der Waals surface area (Å²) >= 11 is 0. The number of nitrogens with zero attached hydrogens (tertiary/aromatic N) is 1. The molecule has 2 fully saturated rings. The molecule has 0 radical (unpaired) electrons. The average Bonchev–Trinajstić information content (AvgIpc) is 2.90. The van der Waals surface area contributed by atoms with E-state index in [0.29, 0.717) is 18.7 Å². The zero-order chi connectivity index (χ0) is 14.5. The summed E-state index contributed by atoms with van der Waals surface area (Å²) < 4.78 is 24.9. The topological polar surface area (TPSA) is 42.1 Å². The van der Waals surface area contributed by atoms with Crippen molar-refractivity contribution in [2.24, 2.45) is 0 Å². The minimum Gasteiger partial charge on any atom is -0.444 e. The maximum absolute atomic E-state index is 13.9. The van der Waals surface area contributed by atoms with Crippen molar-refractivity contribution in [1.29, 1.82) is 0 Å². The normalized spacial score (nSPS) is 28.2. The number of ether oxygens (including phenoxy) is 2. The molecule has 108 valence electrons. The maximum Gasteiger partial charge on any atom is 0.410 e. The van der Waals surface area contributed by atoms with E-state index in [-0.39, 0.29) is 18.0 Å². The van der Waals surface area contributed by atoms with Crippen LogP contribution in [0.1, 0.15) is 26.3 Å². The number of morpholine rings is 1. The zero-order valence-corrected chi connectivity index (χ0v) is 11.9. The van der Waals surface area contributed by atoms with Gasteiger partial charge in [-0.15, -0.1) is 0 Å². The highest BCUT2D eigenvalue weighted by Crippen LogP contribution is 2.52. The van der Waals surface area contributed by atoms with Crippen LogP contribution in [-0.4, -0.2) is 35.8 Å². The minimum atomic E-state index is -0.678. The highest BCUT2D eigenvalue weighted by Gasteiger charge is 2.65. The van der Waals surface area contributed by atoms with E-state index < -0.39 is 11.2 Å². The third kappa shape index (κ3) is 2.16. The number of amides is 1. The van der Waals surface area contributed by atoms with E-state index in [1.165, 1.54) is 6.07 Å². The van der Waals surface area contributed by atoms with Gasteiger partial charge in [0.05, 0.1) is 13.1 Å². The van der Waals surface area contributed by atoms with Gasteiger partial charge in [0.25, 0.3) is 0 Å². The molecule has 0 bridgehead atoms. The Morgan fingerprint density at radius 3 is 2.80 bits per heavy atom. The molecule has 0 aliphatic carbocycles. The van der Waals surface area contributed by atoms with Crippen LogP contribution in [0.15, 0.2) is 24.3 Å². The number of rotatable bonds is 1. The Morgan fingerprint density at radius 1 is 1.45 bits per heavy atom. The Labute approximate surface area is 117 Å². The Balaban J connectivity index is 1.75. The van der Waals surface area contributed by atoms with Crippen LogP contribution in [0.4, 0.5) is 9.18 Å². The first kappa shape index (κ1) is 13.4. The van der Waals surface area contributed by atoms with Crippen LogP contribution in [0.5, 0.6) is 0 Å². The Kier molecular flexibility index (Phi) is 2.80. The van der Waals surface area contributed by atoms with Gasteiger partial charge in [0.2, 0.25) is 0 Å². The van der Waals surface area contributed by atoms with E-state index in [1.54, 1.807) is 23.1 Å². The molecule has 20 heavy (non-hydrogen) atoms. The Morgan fingerprint density at radius 2 is 2.15 bits per heavy atom. The Hall–Kier alpha value is -1.62. The first-order valence-corrected chi connectivity index (χ1v) is 6.73. The fraction of sp³-hybridized carbons (Fsp3) is 0.533. The van der Waals surface area contributed by atoms with Crippen molar-refractivity contribution in [2.45, 2.75) is 38.1 Å². The zero-order valence-electron chi connectivity index (χ0n) is 11.9. The van der Waals surface area contributed by atoms with Crippen LogP contribution in [-0.2, 0) is 15.1 Å². The van der Waals surface area contributed by atoms with Gasteiger partial charge in [0.15, 0.2) is 0 Å². The van der Waals surface area contributed by atoms with E-state index >= 15 is 0 Å². The standard InChI is InChI=1S/C15H18FNO3/c1-14(2,3)20-13(18)17-8-12-15(9-17,19-12)10-6-4-5-7-11(10)16/h4-7,12H,8-9H2,1-3H3. The third-order valence-electron chi connectivity index (χ3n) is 3.61. The van der Waals surface area contributed by atoms with Gasteiger partial charge in [-0.1, -0.05) is 18.2 Å². The predicted octanol–water partition coefficient (Wildman–Crippen LogP) is 2.67. The highest BCUT2D eigenvalue weighted by atomic mass is 19.1. The molecule has 5 heteroatoms. The quantitative estimate of drug-likeness (QED) is 0.742. The number of carbonyl (C=O) groups is 1. The molecule has 2 heterocycles. The van der Waals surface area contributed by atoms with E-state index in [1.807, 2.05) is 20.8 Å². The third-order valence-corrected chi connectivity index (χ3v) is 3.61. The molecule has 0 saturated carbocycles. The Bertz CT molecular complexity index is 554. The first-order valence-electron chi connectivity index (χ1n) is 6.73. The molecule has 2 aliphatic rings. The second-order valence-corrected chi connectivity index (χ2v) is 6.34. The lowest BCUT2D eigenvalue weighted by molar-refractivity contribution is 0.0194. The number of epoxide rings is 1. The molecule has 0 spiro atoms. The number of halogens is 1. The number of fused-ring (bicyclic) bond motifs is 1. The number of carbonyl (C=O) groups excluding carboxylic acids is 1. The van der Waals surface area contributed by atoms with E-state index in [0.717, 1.165) is 0 Å². The minimum absolute atomic E-state index is 0.132. The van der Waals surface area contributed by atoms with Crippen molar-refractivity contribution in [3.8, 4) is 0 Å². The molecule has 4 nitrogen and oxygen atoms in total. The lowest BCUT2D eigenvalue weighted by Gasteiger charge is -2.26. The summed E-state index contributed by atoms with van der Waals surface area (Å²) in [5.41, 5.74) is -0.686. The summed E-state index contributed by atoms with van der Waals surface area (Å²) in [5, 5.41) is 0. The summed E-state index contributed by atoms with van der Waals surface area (Å²) in [6.45, 7) is 6.26. The second-order valence-electron chi connectivity index (χ2n) is 6.34. The first-order chi connectivity index (χ1) is 9.32. The summed E-state index contributed by atoms with van der Waals surface area (Å²) in [6, 6.07) is 6.56. The molecule has 0 aromatic heterocycles. The number of hydrogen-bond acceptors (Lipinski definition) is 3. The highest BCUT2D eigenvalue weighted by molar-refractivity contribution is 5.69. The molecule has 3 rings (SSSR count). The van der Waals surface area contributed by atoms with Crippen molar-refractivity contribution >= 4 is 6.09 Å². The van der Waals surface area contributed by atoms with E-state index in [9.17, 15) is 9.18 Å². The SMILES string of the molecule is CC(C)(C)OC(=O)N1CC2OC2(c2ccccc2F)C1. The monoisotopic (exact) mass is 279 g/mol. The summed E-state index contributed by atoms with van der Waals surface area (Å²) in [6.07, 6.45) is -0.504. The van der Waals surface area contributed by atoms with Gasteiger partial charge in [0.1, 0.15) is 23.1 Å². The van der Waals surface area contributed by atoms with E-state index in [2.05, 4.69) is 0 Å². The van der Waals surface area contributed by atoms with Crippen LogP contribution in [0, 0.1) is 5.82 Å². The molecule has 2 atom stereocenters. The molecule has 1 aromatic carbocycles. The molecular weight excluding hydrogens is 261 g/mol. The maximum atomic E-state index is 13.9. The molecule has 1 aromatic rings. The van der Waals surface area contributed by atoms with Gasteiger partial charge in [-0.25, -0.2) is 9.18 Å². The number of likely N-dealkylation sites (tertiary alicyclic amines) is 1. The van der Waals surface area contributed by atoms with Crippen molar-refractivity contribution in [1.82, 2.24) is 4.90 Å². The average molecular weight is 279 g/mol. The molecular formula is C15H18FNO3. The molecule has 1 amide bonds. The smallest absolute Gasteiger partial charge is 0.410 e. The fourth-order valence-corrected chi connectivity index (χ4v) is 2.68. The second kappa shape index (κ2) is 4.19. The van der Waals surface area contributed by atoms with Crippen LogP contribution >= 0.6 is 0 Å². The van der Waals surface area contributed by atoms with Crippen LogP contribution in [0.3, 0.4) is 0 Å². The van der Waals surface area contributed by atoms with Gasteiger partial charge < -0.3 is 14.4 Å².